The van der Waals surface area contributed by atoms with E-state index >= 15 is 0 Å². The molecule has 138 valence electrons. The van der Waals surface area contributed by atoms with Crippen molar-refractivity contribution in [1.29, 1.82) is 0 Å². The number of hydrogen-bond donors (Lipinski definition) is 1. The normalized spacial score (nSPS) is 10.3. The van der Waals surface area contributed by atoms with Gasteiger partial charge in [-0.2, -0.15) is 0 Å². The molecule has 0 unspecified atom stereocenters. The van der Waals surface area contributed by atoms with Crippen LogP contribution in [0.3, 0.4) is 0 Å². The van der Waals surface area contributed by atoms with Gasteiger partial charge in [-0.05, 0) is 49.2 Å². The van der Waals surface area contributed by atoms with Crippen molar-refractivity contribution in [2.75, 3.05) is 18.5 Å². The van der Waals surface area contributed by atoms with E-state index in [9.17, 15) is 14.0 Å². The summed E-state index contributed by atoms with van der Waals surface area (Å²) < 4.78 is 24.0. The summed E-state index contributed by atoms with van der Waals surface area (Å²) in [5.74, 6) is -1.19. The largest absolute Gasteiger partial charge is 0.493 e. The first-order valence-electron chi connectivity index (χ1n) is 7.95. The maximum absolute atomic E-state index is 13.6. The minimum Gasteiger partial charge on any atom is -0.493 e. The molecule has 0 saturated heterocycles. The average Bonchev–Trinajstić information content (AvgIpc) is 2.58. The monoisotopic (exact) mass is 379 g/mol. The van der Waals surface area contributed by atoms with E-state index in [0.717, 1.165) is 17.2 Å². The number of esters is 1. The van der Waals surface area contributed by atoms with Gasteiger partial charge in [0.1, 0.15) is 11.6 Å². The fourth-order valence-corrected chi connectivity index (χ4v) is 2.26. The lowest BCUT2D eigenvalue weighted by atomic mass is 10.1. The van der Waals surface area contributed by atoms with Crippen LogP contribution in [0.1, 0.15) is 17.5 Å². The molecule has 2 aromatic carbocycles. The van der Waals surface area contributed by atoms with Crippen LogP contribution in [0.15, 0.2) is 36.4 Å². The van der Waals surface area contributed by atoms with E-state index in [1.807, 2.05) is 32.0 Å². The number of amides is 1. The van der Waals surface area contributed by atoms with Gasteiger partial charge < -0.3 is 14.8 Å². The van der Waals surface area contributed by atoms with E-state index in [2.05, 4.69) is 5.32 Å². The number of ether oxygens (including phenoxy) is 2. The number of carbonyl (C=O) groups is 2. The van der Waals surface area contributed by atoms with E-state index in [-0.39, 0.29) is 23.7 Å². The molecule has 0 radical (unpaired) electrons. The Balaban J connectivity index is 1.72. The van der Waals surface area contributed by atoms with Crippen LogP contribution in [0.4, 0.5) is 10.1 Å². The number of hydrogen-bond acceptors (Lipinski definition) is 4. The van der Waals surface area contributed by atoms with Crippen molar-refractivity contribution in [2.24, 2.45) is 0 Å². The Morgan fingerprint density at radius 3 is 2.65 bits per heavy atom. The Morgan fingerprint density at radius 2 is 1.92 bits per heavy atom. The summed E-state index contributed by atoms with van der Waals surface area (Å²) in [4.78, 5) is 23.4. The second kappa shape index (κ2) is 9.20. The molecule has 0 bridgehead atoms. The third kappa shape index (κ3) is 6.04. The van der Waals surface area contributed by atoms with Gasteiger partial charge in [0.05, 0.1) is 18.7 Å². The summed E-state index contributed by atoms with van der Waals surface area (Å²) >= 11 is 5.63. The Kier molecular flexibility index (Phi) is 6.97. The predicted octanol–water partition coefficient (Wildman–Crippen LogP) is 4.05. The second-order valence-electron chi connectivity index (χ2n) is 5.70. The summed E-state index contributed by atoms with van der Waals surface area (Å²) in [6.07, 6.45) is -0.00400. The number of nitrogens with one attached hydrogen (secondary N) is 1. The molecule has 1 amide bonds. The van der Waals surface area contributed by atoms with Gasteiger partial charge in [0.2, 0.25) is 0 Å². The van der Waals surface area contributed by atoms with Crippen LogP contribution in [0.5, 0.6) is 5.75 Å². The van der Waals surface area contributed by atoms with Gasteiger partial charge >= 0.3 is 5.97 Å². The maximum atomic E-state index is 13.6. The van der Waals surface area contributed by atoms with Crippen molar-refractivity contribution in [1.82, 2.24) is 0 Å². The highest BCUT2D eigenvalue weighted by atomic mass is 35.5. The fourth-order valence-electron chi connectivity index (χ4n) is 2.10. The van der Waals surface area contributed by atoms with Crippen LogP contribution in [0, 0.1) is 19.7 Å². The van der Waals surface area contributed by atoms with Gasteiger partial charge in [0, 0.05) is 5.02 Å². The van der Waals surface area contributed by atoms with Crippen LogP contribution >= 0.6 is 11.6 Å². The van der Waals surface area contributed by atoms with E-state index in [1.165, 1.54) is 12.1 Å². The smallest absolute Gasteiger partial charge is 0.309 e. The number of carbonyl (C=O) groups excluding carboxylic acids is 2. The molecule has 0 aliphatic heterocycles. The van der Waals surface area contributed by atoms with Crippen molar-refractivity contribution in [3.8, 4) is 5.75 Å². The molecule has 0 aliphatic rings. The molecule has 26 heavy (non-hydrogen) atoms. The summed E-state index contributed by atoms with van der Waals surface area (Å²) in [7, 11) is 0. The SMILES string of the molecule is Cc1ccc(C)c(OCCC(=O)OCC(=O)Nc2ccc(Cl)cc2F)c1. The molecule has 0 fully saturated rings. The zero-order valence-electron chi connectivity index (χ0n) is 14.5. The van der Waals surface area contributed by atoms with Crippen LogP contribution in [-0.4, -0.2) is 25.1 Å². The molecule has 0 spiro atoms. The van der Waals surface area contributed by atoms with Crippen molar-refractivity contribution in [3.63, 3.8) is 0 Å². The maximum Gasteiger partial charge on any atom is 0.309 e. The summed E-state index contributed by atoms with van der Waals surface area (Å²) in [6, 6.07) is 9.64. The van der Waals surface area contributed by atoms with E-state index < -0.39 is 24.3 Å². The molecule has 0 saturated carbocycles. The molecule has 0 atom stereocenters. The van der Waals surface area contributed by atoms with Crippen LogP contribution in [-0.2, 0) is 14.3 Å². The molecule has 7 heteroatoms. The van der Waals surface area contributed by atoms with Gasteiger partial charge in [-0.25, -0.2) is 4.39 Å². The summed E-state index contributed by atoms with van der Waals surface area (Å²) in [5.41, 5.74) is 1.99. The van der Waals surface area contributed by atoms with Gasteiger partial charge in [-0.3, -0.25) is 9.59 Å². The van der Waals surface area contributed by atoms with Gasteiger partial charge in [0.25, 0.3) is 5.91 Å². The Labute approximate surface area is 156 Å². The van der Waals surface area contributed by atoms with Crippen molar-refractivity contribution in [2.45, 2.75) is 20.3 Å². The minimum absolute atomic E-state index is 0.00400. The van der Waals surface area contributed by atoms with Crippen molar-refractivity contribution < 1.29 is 23.5 Å². The zero-order chi connectivity index (χ0) is 19.1. The number of benzene rings is 2. The quantitative estimate of drug-likeness (QED) is 0.737. The number of rotatable bonds is 7. The van der Waals surface area contributed by atoms with Gasteiger partial charge in [-0.15, -0.1) is 0 Å². The third-order valence-electron chi connectivity index (χ3n) is 3.48. The molecule has 2 rings (SSSR count). The Hall–Kier alpha value is -2.60. The molecular formula is C19H19ClFNO4. The first kappa shape index (κ1) is 19.7. The molecular weight excluding hydrogens is 361 g/mol. The minimum atomic E-state index is -0.667. The fraction of sp³-hybridized carbons (Fsp3) is 0.263. The first-order valence-corrected chi connectivity index (χ1v) is 8.33. The topological polar surface area (TPSA) is 64.6 Å². The Morgan fingerprint density at radius 1 is 1.15 bits per heavy atom. The highest BCUT2D eigenvalue weighted by Gasteiger charge is 2.11. The lowest BCUT2D eigenvalue weighted by molar-refractivity contribution is -0.147. The predicted molar refractivity (Wildman–Crippen MR) is 97.0 cm³/mol. The lowest BCUT2D eigenvalue weighted by Gasteiger charge is -2.10. The number of aryl methyl sites for hydroxylation is 2. The van der Waals surface area contributed by atoms with Crippen LogP contribution in [0.25, 0.3) is 0 Å². The molecule has 2 aromatic rings. The van der Waals surface area contributed by atoms with E-state index in [4.69, 9.17) is 21.1 Å². The zero-order valence-corrected chi connectivity index (χ0v) is 15.2. The molecule has 0 aromatic heterocycles. The van der Waals surface area contributed by atoms with Crippen LogP contribution < -0.4 is 10.1 Å². The van der Waals surface area contributed by atoms with Crippen molar-refractivity contribution >= 4 is 29.2 Å². The second-order valence-corrected chi connectivity index (χ2v) is 6.14. The highest BCUT2D eigenvalue weighted by molar-refractivity contribution is 6.30. The number of anilines is 1. The average molecular weight is 380 g/mol. The van der Waals surface area contributed by atoms with E-state index in [1.54, 1.807) is 0 Å². The Bertz CT molecular complexity index is 810. The van der Waals surface area contributed by atoms with Gasteiger partial charge in [-0.1, -0.05) is 23.7 Å². The third-order valence-corrected chi connectivity index (χ3v) is 3.71. The number of halogens is 2. The standard InChI is InChI=1S/C19H19ClFNO4/c1-12-3-4-13(2)17(9-12)25-8-7-19(24)26-11-18(23)22-16-6-5-14(20)10-15(16)21/h3-6,9-10H,7-8,11H2,1-2H3,(H,22,23). The summed E-state index contributed by atoms with van der Waals surface area (Å²) in [6.45, 7) is 3.48. The molecule has 0 aliphatic carbocycles. The van der Waals surface area contributed by atoms with Crippen molar-refractivity contribution in [3.05, 3.63) is 58.4 Å². The summed E-state index contributed by atoms with van der Waals surface area (Å²) in [5, 5.41) is 2.53. The van der Waals surface area contributed by atoms with Gasteiger partial charge in [0.15, 0.2) is 6.61 Å². The van der Waals surface area contributed by atoms with E-state index in [0.29, 0.717) is 5.75 Å². The van der Waals surface area contributed by atoms with Crippen LogP contribution in [0.2, 0.25) is 5.02 Å². The lowest BCUT2D eigenvalue weighted by Crippen LogP contribution is -2.22. The highest BCUT2D eigenvalue weighted by Crippen LogP contribution is 2.20. The molecule has 1 N–H and O–H groups in total. The molecule has 0 heterocycles. The first-order chi connectivity index (χ1) is 12.3. The molecule has 5 nitrogen and oxygen atoms in total.